The molecule has 1 aliphatic heterocycles. The van der Waals surface area contributed by atoms with Gasteiger partial charge in [0.2, 0.25) is 5.91 Å². The monoisotopic (exact) mass is 415 g/mol. The zero-order chi connectivity index (χ0) is 21.2. The van der Waals surface area contributed by atoms with Gasteiger partial charge in [0.15, 0.2) is 0 Å². The first-order chi connectivity index (χ1) is 15.2. The smallest absolute Gasteiger partial charge is 0.293 e. The van der Waals surface area contributed by atoms with Crippen LogP contribution in [0.2, 0.25) is 0 Å². The number of rotatable bonds is 4. The van der Waals surface area contributed by atoms with Crippen molar-refractivity contribution in [3.05, 3.63) is 77.5 Å². The second-order valence-corrected chi connectivity index (χ2v) is 7.37. The fraction of sp³-hybridized carbons (Fsp3) is 0.227. The summed E-state index contributed by atoms with van der Waals surface area (Å²) in [5, 5.41) is 8.57. The molecule has 4 heterocycles. The maximum atomic E-state index is 12.9. The van der Waals surface area contributed by atoms with E-state index in [4.69, 9.17) is 0 Å². The fourth-order valence-corrected chi connectivity index (χ4v) is 3.75. The lowest BCUT2D eigenvalue weighted by atomic mass is 10.1. The third-order valence-corrected chi connectivity index (χ3v) is 5.45. The first-order valence-corrected chi connectivity index (χ1v) is 10.1. The van der Waals surface area contributed by atoms with Crippen LogP contribution in [-0.2, 0) is 11.3 Å². The SMILES string of the molecule is O=C(Cn1ncn2nc(-c3ccccc3)cc2c1=O)N1CCN(c2ccccn2)CC1. The molecule has 1 amide bonds. The van der Waals surface area contributed by atoms with Crippen LogP contribution in [0.4, 0.5) is 5.82 Å². The van der Waals surface area contributed by atoms with Crippen LogP contribution in [-0.4, -0.2) is 61.4 Å². The number of carbonyl (C=O) groups excluding carboxylic acids is 1. The minimum atomic E-state index is -0.336. The minimum Gasteiger partial charge on any atom is -0.353 e. The third-order valence-electron chi connectivity index (χ3n) is 5.45. The van der Waals surface area contributed by atoms with Crippen molar-refractivity contribution >= 4 is 17.2 Å². The molecular formula is C22H21N7O2. The highest BCUT2D eigenvalue weighted by atomic mass is 16.2. The van der Waals surface area contributed by atoms with Crippen LogP contribution in [0.3, 0.4) is 0 Å². The lowest BCUT2D eigenvalue weighted by Crippen LogP contribution is -2.50. The van der Waals surface area contributed by atoms with Crippen LogP contribution in [0.15, 0.2) is 71.9 Å². The molecule has 0 atom stereocenters. The van der Waals surface area contributed by atoms with Crippen LogP contribution < -0.4 is 10.5 Å². The summed E-state index contributed by atoms with van der Waals surface area (Å²) in [6.07, 6.45) is 3.23. The van der Waals surface area contributed by atoms with Gasteiger partial charge in [-0.15, -0.1) is 0 Å². The maximum Gasteiger partial charge on any atom is 0.293 e. The Kier molecular flexibility index (Phi) is 4.91. The molecule has 9 nitrogen and oxygen atoms in total. The molecule has 0 N–H and O–H groups in total. The highest BCUT2D eigenvalue weighted by molar-refractivity contribution is 5.76. The summed E-state index contributed by atoms with van der Waals surface area (Å²) in [6.45, 7) is 2.47. The highest BCUT2D eigenvalue weighted by Gasteiger charge is 2.23. The van der Waals surface area contributed by atoms with Crippen molar-refractivity contribution in [2.24, 2.45) is 0 Å². The van der Waals surface area contributed by atoms with E-state index in [0.717, 1.165) is 11.4 Å². The molecule has 0 unspecified atom stereocenters. The topological polar surface area (TPSA) is 88.6 Å². The van der Waals surface area contributed by atoms with Gasteiger partial charge in [-0.25, -0.2) is 14.2 Å². The Morgan fingerprint density at radius 2 is 1.74 bits per heavy atom. The van der Waals surface area contributed by atoms with Crippen LogP contribution in [0, 0.1) is 0 Å². The predicted octanol–water partition coefficient (Wildman–Crippen LogP) is 1.30. The molecule has 0 saturated carbocycles. The number of pyridine rings is 1. The molecule has 0 spiro atoms. The molecule has 31 heavy (non-hydrogen) atoms. The van der Waals surface area contributed by atoms with Gasteiger partial charge in [0.25, 0.3) is 5.56 Å². The largest absolute Gasteiger partial charge is 0.353 e. The number of anilines is 1. The fourth-order valence-electron chi connectivity index (χ4n) is 3.75. The van der Waals surface area contributed by atoms with Gasteiger partial charge >= 0.3 is 0 Å². The van der Waals surface area contributed by atoms with E-state index in [2.05, 4.69) is 20.1 Å². The number of hydrogen-bond acceptors (Lipinski definition) is 6. The summed E-state index contributed by atoms with van der Waals surface area (Å²) in [5.41, 5.74) is 1.66. The molecule has 3 aromatic heterocycles. The van der Waals surface area contributed by atoms with Crippen LogP contribution >= 0.6 is 0 Å². The average molecular weight is 415 g/mol. The molecule has 5 rings (SSSR count). The number of carbonyl (C=O) groups is 1. The molecule has 1 saturated heterocycles. The van der Waals surface area contributed by atoms with Crippen LogP contribution in [0.1, 0.15) is 0 Å². The molecule has 156 valence electrons. The number of amides is 1. The van der Waals surface area contributed by atoms with Crippen molar-refractivity contribution < 1.29 is 4.79 Å². The Bertz CT molecular complexity index is 1260. The number of benzene rings is 1. The van der Waals surface area contributed by atoms with Gasteiger partial charge in [-0.1, -0.05) is 36.4 Å². The number of hydrogen-bond donors (Lipinski definition) is 0. The molecular weight excluding hydrogens is 394 g/mol. The molecule has 1 fully saturated rings. The molecule has 0 radical (unpaired) electrons. The van der Waals surface area contributed by atoms with E-state index < -0.39 is 0 Å². The van der Waals surface area contributed by atoms with Gasteiger partial charge in [0, 0.05) is 37.9 Å². The number of nitrogens with zero attached hydrogens (tertiary/aromatic N) is 7. The third kappa shape index (κ3) is 3.77. The van der Waals surface area contributed by atoms with Crippen LogP contribution in [0.5, 0.6) is 0 Å². The van der Waals surface area contributed by atoms with E-state index >= 15 is 0 Å². The average Bonchev–Trinajstić information content (AvgIpc) is 3.27. The van der Waals surface area contributed by atoms with Crippen molar-refractivity contribution in [1.82, 2.24) is 29.3 Å². The summed E-state index contributed by atoms with van der Waals surface area (Å²) in [7, 11) is 0. The van der Waals surface area contributed by atoms with Crippen molar-refractivity contribution in [2.45, 2.75) is 6.54 Å². The van der Waals surface area contributed by atoms with E-state index in [1.807, 2.05) is 48.5 Å². The zero-order valence-electron chi connectivity index (χ0n) is 16.8. The molecule has 1 aliphatic rings. The van der Waals surface area contributed by atoms with Crippen molar-refractivity contribution in [2.75, 3.05) is 31.1 Å². The van der Waals surface area contributed by atoms with E-state index in [1.165, 1.54) is 15.5 Å². The molecule has 4 aromatic rings. The summed E-state index contributed by atoms with van der Waals surface area (Å²) in [6, 6.07) is 17.2. The summed E-state index contributed by atoms with van der Waals surface area (Å²) in [4.78, 5) is 34.0. The van der Waals surface area contributed by atoms with E-state index in [0.29, 0.717) is 37.4 Å². The lowest BCUT2D eigenvalue weighted by Gasteiger charge is -2.35. The molecule has 1 aromatic carbocycles. The Morgan fingerprint density at radius 3 is 2.48 bits per heavy atom. The van der Waals surface area contributed by atoms with Gasteiger partial charge in [-0.05, 0) is 18.2 Å². The van der Waals surface area contributed by atoms with E-state index in [9.17, 15) is 9.59 Å². The first kappa shape index (κ1) is 19.0. The van der Waals surface area contributed by atoms with E-state index in [1.54, 1.807) is 17.2 Å². The second kappa shape index (κ2) is 8.02. The number of aromatic nitrogens is 5. The van der Waals surface area contributed by atoms with Gasteiger partial charge < -0.3 is 9.80 Å². The molecule has 0 bridgehead atoms. The van der Waals surface area contributed by atoms with Crippen molar-refractivity contribution in [1.29, 1.82) is 0 Å². The van der Waals surface area contributed by atoms with Gasteiger partial charge in [0.1, 0.15) is 24.2 Å². The van der Waals surface area contributed by atoms with Gasteiger partial charge in [-0.3, -0.25) is 9.59 Å². The zero-order valence-corrected chi connectivity index (χ0v) is 16.8. The highest BCUT2D eigenvalue weighted by Crippen LogP contribution is 2.17. The second-order valence-electron chi connectivity index (χ2n) is 7.37. The Hall–Kier alpha value is -4.01. The minimum absolute atomic E-state index is 0.0925. The number of fused-ring (bicyclic) bond motifs is 1. The Labute approximate surface area is 178 Å². The first-order valence-electron chi connectivity index (χ1n) is 10.1. The van der Waals surface area contributed by atoms with E-state index in [-0.39, 0.29) is 18.0 Å². The Morgan fingerprint density at radius 1 is 0.968 bits per heavy atom. The Balaban J connectivity index is 1.30. The standard InChI is InChI=1S/C22H21N7O2/c30-21(27-12-10-26(11-13-27)20-8-4-5-9-23-20)15-28-22(31)19-14-18(25-29(19)16-24-28)17-6-2-1-3-7-17/h1-9,14,16H,10-13,15H2. The van der Waals surface area contributed by atoms with Crippen LogP contribution in [0.25, 0.3) is 16.8 Å². The van der Waals surface area contributed by atoms with Gasteiger partial charge in [0.05, 0.1) is 5.69 Å². The normalized spacial score (nSPS) is 14.2. The quantitative estimate of drug-likeness (QED) is 0.499. The van der Waals surface area contributed by atoms with Gasteiger partial charge in [-0.2, -0.15) is 10.2 Å². The molecule has 0 aliphatic carbocycles. The summed E-state index contributed by atoms with van der Waals surface area (Å²) in [5.74, 6) is 0.787. The predicted molar refractivity (Wildman–Crippen MR) is 116 cm³/mol. The summed E-state index contributed by atoms with van der Waals surface area (Å²) >= 11 is 0. The molecule has 9 heteroatoms. The lowest BCUT2D eigenvalue weighted by molar-refractivity contribution is -0.132. The maximum absolute atomic E-state index is 12.9. The number of piperazine rings is 1. The summed E-state index contributed by atoms with van der Waals surface area (Å²) < 4.78 is 2.66. The van der Waals surface area contributed by atoms with Crippen molar-refractivity contribution in [3.8, 4) is 11.3 Å². The van der Waals surface area contributed by atoms with Crippen molar-refractivity contribution in [3.63, 3.8) is 0 Å².